The summed E-state index contributed by atoms with van der Waals surface area (Å²) in [7, 11) is 1.28. The topological polar surface area (TPSA) is 63.6 Å². The smallest absolute Gasteiger partial charge is 0.309 e. The molecule has 0 bridgehead atoms. The average Bonchev–Trinajstić information content (AvgIpc) is 1.83. The summed E-state index contributed by atoms with van der Waals surface area (Å²) in [6.45, 7) is 0. The van der Waals surface area contributed by atoms with E-state index in [1.165, 1.54) is 7.11 Å². The summed E-state index contributed by atoms with van der Waals surface area (Å²) in [5.41, 5.74) is 0. The highest BCUT2D eigenvalue weighted by Crippen LogP contribution is 2.35. The fourth-order valence-corrected chi connectivity index (χ4v) is 1.23. The van der Waals surface area contributed by atoms with Crippen molar-refractivity contribution in [2.45, 2.75) is 12.8 Å². The fraction of sp³-hybridized carbons (Fsp3) is 0.714. The molecule has 1 saturated carbocycles. The van der Waals surface area contributed by atoms with Gasteiger partial charge in [-0.05, 0) is 12.8 Å². The van der Waals surface area contributed by atoms with E-state index in [-0.39, 0.29) is 0 Å². The van der Waals surface area contributed by atoms with Gasteiger partial charge in [0.05, 0.1) is 18.9 Å². The fourth-order valence-electron chi connectivity index (χ4n) is 1.23. The van der Waals surface area contributed by atoms with Gasteiger partial charge in [0.1, 0.15) is 0 Å². The molecule has 0 aromatic rings. The number of hydrogen-bond acceptors (Lipinski definition) is 3. The number of carbonyl (C=O) groups excluding carboxylic acids is 1. The monoisotopic (exact) mass is 158 g/mol. The molecule has 0 spiro atoms. The third-order valence-corrected chi connectivity index (χ3v) is 2.10. The van der Waals surface area contributed by atoms with Gasteiger partial charge in [-0.15, -0.1) is 0 Å². The van der Waals surface area contributed by atoms with Crippen molar-refractivity contribution in [3.63, 3.8) is 0 Å². The van der Waals surface area contributed by atoms with Crippen LogP contribution in [0.4, 0.5) is 0 Å². The lowest BCUT2D eigenvalue weighted by Crippen LogP contribution is -2.38. The Bertz CT molecular complexity index is 187. The van der Waals surface area contributed by atoms with Crippen molar-refractivity contribution in [1.29, 1.82) is 0 Å². The first-order valence-corrected chi connectivity index (χ1v) is 3.47. The molecule has 4 nitrogen and oxygen atoms in total. The van der Waals surface area contributed by atoms with Crippen LogP contribution in [0.2, 0.25) is 0 Å². The molecule has 0 radical (unpaired) electrons. The Hall–Kier alpha value is -1.06. The molecule has 0 saturated heterocycles. The maximum Gasteiger partial charge on any atom is 0.309 e. The van der Waals surface area contributed by atoms with Crippen molar-refractivity contribution in [3.05, 3.63) is 0 Å². The van der Waals surface area contributed by atoms with Gasteiger partial charge in [0.25, 0.3) is 0 Å². The third-order valence-electron chi connectivity index (χ3n) is 2.10. The van der Waals surface area contributed by atoms with Gasteiger partial charge in [0.15, 0.2) is 0 Å². The van der Waals surface area contributed by atoms with Crippen LogP contribution in [-0.4, -0.2) is 24.2 Å². The molecule has 0 heterocycles. The largest absolute Gasteiger partial charge is 0.481 e. The van der Waals surface area contributed by atoms with Gasteiger partial charge < -0.3 is 9.84 Å². The molecule has 1 aliphatic carbocycles. The van der Waals surface area contributed by atoms with Crippen molar-refractivity contribution in [1.82, 2.24) is 0 Å². The molecule has 1 unspecified atom stereocenters. The molecule has 1 rings (SSSR count). The molecule has 4 heteroatoms. The minimum absolute atomic E-state index is 0.399. The van der Waals surface area contributed by atoms with Crippen molar-refractivity contribution in [2.24, 2.45) is 11.8 Å². The zero-order valence-corrected chi connectivity index (χ0v) is 6.24. The first kappa shape index (κ1) is 8.04. The molecular formula is C7H10O4. The molecule has 11 heavy (non-hydrogen) atoms. The molecule has 0 amide bonds. The summed E-state index contributed by atoms with van der Waals surface area (Å²) in [5.74, 6) is -2.21. The van der Waals surface area contributed by atoms with Crippen LogP contribution in [0, 0.1) is 11.8 Å². The Morgan fingerprint density at radius 3 is 2.18 bits per heavy atom. The zero-order chi connectivity index (χ0) is 8.43. The number of esters is 1. The van der Waals surface area contributed by atoms with Crippen LogP contribution in [-0.2, 0) is 14.3 Å². The lowest BCUT2D eigenvalue weighted by atomic mass is 9.74. The summed E-state index contributed by atoms with van der Waals surface area (Å²) < 4.78 is 4.43. The number of hydrogen-bond donors (Lipinski definition) is 1. The maximum absolute atomic E-state index is 10.8. The second kappa shape index (κ2) is 2.90. The highest BCUT2D eigenvalue weighted by molar-refractivity contribution is 5.82. The van der Waals surface area contributed by atoms with E-state index >= 15 is 0 Å². The van der Waals surface area contributed by atoms with Gasteiger partial charge in [0.2, 0.25) is 0 Å². The number of carboxylic acid groups (broad SMARTS) is 1. The lowest BCUT2D eigenvalue weighted by molar-refractivity contribution is -0.162. The van der Waals surface area contributed by atoms with Crippen molar-refractivity contribution in [2.75, 3.05) is 7.11 Å². The summed E-state index contributed by atoms with van der Waals surface area (Å²) in [6, 6.07) is 0. The Labute approximate surface area is 64.2 Å². The Balaban J connectivity index is 2.49. The number of carboxylic acids is 1. The summed E-state index contributed by atoms with van der Waals surface area (Å²) >= 11 is 0. The first-order valence-electron chi connectivity index (χ1n) is 3.47. The third kappa shape index (κ3) is 1.34. The number of aliphatic carboxylic acids is 1. The van der Waals surface area contributed by atoms with Gasteiger partial charge in [0, 0.05) is 0 Å². The van der Waals surface area contributed by atoms with E-state index in [9.17, 15) is 9.59 Å². The van der Waals surface area contributed by atoms with Gasteiger partial charge in [-0.1, -0.05) is 0 Å². The second-order valence-electron chi connectivity index (χ2n) is 2.65. The molecule has 1 N–H and O–H groups in total. The summed E-state index contributed by atoms with van der Waals surface area (Å²) in [6.07, 6.45) is 1.23. The van der Waals surface area contributed by atoms with Crippen LogP contribution < -0.4 is 0 Å². The van der Waals surface area contributed by atoms with Gasteiger partial charge >= 0.3 is 11.9 Å². The van der Waals surface area contributed by atoms with Gasteiger partial charge in [-0.25, -0.2) is 0 Å². The van der Waals surface area contributed by atoms with E-state index < -0.39 is 23.8 Å². The van der Waals surface area contributed by atoms with Crippen LogP contribution in [0.5, 0.6) is 0 Å². The molecule has 1 fully saturated rings. The van der Waals surface area contributed by atoms with E-state index in [0.717, 1.165) is 0 Å². The van der Waals surface area contributed by atoms with E-state index in [4.69, 9.17) is 5.11 Å². The van der Waals surface area contributed by atoms with E-state index in [1.807, 2.05) is 0 Å². The predicted molar refractivity (Wildman–Crippen MR) is 35.9 cm³/mol. The van der Waals surface area contributed by atoms with Crippen LogP contribution in [0.1, 0.15) is 12.8 Å². The minimum atomic E-state index is -0.897. The number of methoxy groups -OCH3 is 1. The standard InChI is InChI=1S/C7H10O4/c1-11-7(10)5-3-2-4(5)6(8)9/h4-5H,2-3H2,1H3,(H,8,9)/t4-,5?/m1/s1. The van der Waals surface area contributed by atoms with Crippen molar-refractivity contribution >= 4 is 11.9 Å². The molecule has 1 aliphatic rings. The van der Waals surface area contributed by atoms with Crippen LogP contribution >= 0.6 is 0 Å². The molecule has 0 aliphatic heterocycles. The van der Waals surface area contributed by atoms with Crippen molar-refractivity contribution in [3.8, 4) is 0 Å². The Morgan fingerprint density at radius 1 is 1.36 bits per heavy atom. The number of carbonyl (C=O) groups is 2. The highest BCUT2D eigenvalue weighted by Gasteiger charge is 2.42. The summed E-state index contributed by atoms with van der Waals surface area (Å²) in [4.78, 5) is 21.2. The van der Waals surface area contributed by atoms with Crippen LogP contribution in [0.3, 0.4) is 0 Å². The molecular weight excluding hydrogens is 148 g/mol. The molecule has 62 valence electrons. The van der Waals surface area contributed by atoms with Crippen LogP contribution in [0.15, 0.2) is 0 Å². The Morgan fingerprint density at radius 2 is 1.91 bits per heavy atom. The molecule has 0 aromatic heterocycles. The number of ether oxygens (including phenoxy) is 1. The maximum atomic E-state index is 10.8. The van der Waals surface area contributed by atoms with E-state index in [2.05, 4.69) is 4.74 Å². The second-order valence-corrected chi connectivity index (χ2v) is 2.65. The summed E-state index contributed by atoms with van der Waals surface area (Å²) in [5, 5.41) is 8.54. The van der Waals surface area contributed by atoms with Gasteiger partial charge in [-0.2, -0.15) is 0 Å². The average molecular weight is 158 g/mol. The molecule has 2 atom stereocenters. The normalized spacial score (nSPS) is 28.8. The first-order chi connectivity index (χ1) is 5.16. The van der Waals surface area contributed by atoms with Gasteiger partial charge in [-0.3, -0.25) is 9.59 Å². The van der Waals surface area contributed by atoms with E-state index in [0.29, 0.717) is 12.8 Å². The lowest BCUT2D eigenvalue weighted by Gasteiger charge is -2.30. The SMILES string of the molecule is COC(=O)C1CC[C@H]1C(=O)O. The number of rotatable bonds is 2. The van der Waals surface area contributed by atoms with E-state index in [1.54, 1.807) is 0 Å². The van der Waals surface area contributed by atoms with Crippen molar-refractivity contribution < 1.29 is 19.4 Å². The zero-order valence-electron chi connectivity index (χ0n) is 6.24. The quantitative estimate of drug-likeness (QED) is 0.586. The molecule has 0 aromatic carbocycles. The van der Waals surface area contributed by atoms with Crippen LogP contribution in [0.25, 0.3) is 0 Å². The highest BCUT2D eigenvalue weighted by atomic mass is 16.5. The minimum Gasteiger partial charge on any atom is -0.481 e. The Kier molecular flexibility index (Phi) is 2.12. The predicted octanol–water partition coefficient (Wildman–Crippen LogP) is 0.270.